The fourth-order valence-electron chi connectivity index (χ4n) is 3.84. The number of benzene rings is 1. The molecule has 1 aromatic heterocycles. The van der Waals surface area contributed by atoms with E-state index in [0.717, 1.165) is 30.5 Å². The maximum atomic E-state index is 12.5. The van der Waals surface area contributed by atoms with Crippen molar-refractivity contribution in [2.24, 2.45) is 11.8 Å². The van der Waals surface area contributed by atoms with E-state index in [-0.39, 0.29) is 24.1 Å². The molecule has 2 atom stereocenters. The van der Waals surface area contributed by atoms with Gasteiger partial charge >= 0.3 is 5.63 Å². The molecule has 1 aromatic carbocycles. The predicted octanol–water partition coefficient (Wildman–Crippen LogP) is 3.80. The number of likely N-dealkylation sites (tertiary alicyclic amines) is 1. The van der Waals surface area contributed by atoms with Crippen molar-refractivity contribution in [1.29, 1.82) is 0 Å². The zero-order valence-corrected chi connectivity index (χ0v) is 16.0. The zero-order valence-electron chi connectivity index (χ0n) is 16.0. The first-order chi connectivity index (χ1) is 12.3. The second-order valence-corrected chi connectivity index (χ2v) is 7.87. The van der Waals surface area contributed by atoms with E-state index in [2.05, 4.69) is 13.8 Å². The van der Waals surface area contributed by atoms with Crippen molar-refractivity contribution < 1.29 is 13.9 Å². The molecule has 0 spiro atoms. The van der Waals surface area contributed by atoms with Gasteiger partial charge in [0.25, 0.3) is 5.91 Å². The number of ether oxygens (including phenoxy) is 1. The lowest BCUT2D eigenvalue weighted by Crippen LogP contribution is -2.44. The zero-order chi connectivity index (χ0) is 18.8. The average Bonchev–Trinajstić information content (AvgIpc) is 2.57. The minimum absolute atomic E-state index is 0.000815. The Labute approximate surface area is 153 Å². The summed E-state index contributed by atoms with van der Waals surface area (Å²) in [6, 6.07) is 6.94. The molecule has 0 bridgehead atoms. The summed E-state index contributed by atoms with van der Waals surface area (Å²) in [5.74, 6) is 1.80. The molecule has 0 saturated carbocycles. The lowest BCUT2D eigenvalue weighted by molar-refractivity contribution is -0.136. The van der Waals surface area contributed by atoms with Crippen LogP contribution in [0.4, 0.5) is 0 Å². The fourth-order valence-corrected chi connectivity index (χ4v) is 3.84. The number of piperidine rings is 1. The quantitative estimate of drug-likeness (QED) is 0.781. The molecule has 2 heterocycles. The summed E-state index contributed by atoms with van der Waals surface area (Å²) in [6.45, 7) is 10.0. The first-order valence-electron chi connectivity index (χ1n) is 9.32. The topological polar surface area (TPSA) is 59.8 Å². The Morgan fingerprint density at radius 2 is 1.92 bits per heavy atom. The minimum atomic E-state index is -0.370. The van der Waals surface area contributed by atoms with Gasteiger partial charge < -0.3 is 14.1 Å². The van der Waals surface area contributed by atoms with Crippen molar-refractivity contribution in [2.45, 2.75) is 40.0 Å². The molecule has 2 aromatic rings. The Balaban J connectivity index is 1.73. The lowest BCUT2D eigenvalue weighted by atomic mass is 9.92. The summed E-state index contributed by atoms with van der Waals surface area (Å²) in [5.41, 5.74) is 1.08. The number of amides is 1. The minimum Gasteiger partial charge on any atom is -0.484 e. The highest BCUT2D eigenvalue weighted by atomic mass is 16.5. The number of carbonyl (C=O) groups is 1. The Morgan fingerprint density at radius 1 is 1.23 bits per heavy atom. The van der Waals surface area contributed by atoms with Gasteiger partial charge in [0, 0.05) is 30.6 Å². The van der Waals surface area contributed by atoms with Gasteiger partial charge in [0.05, 0.1) is 0 Å². The van der Waals surface area contributed by atoms with Crippen LogP contribution in [0.25, 0.3) is 11.0 Å². The molecular weight excluding hydrogens is 330 g/mol. The second-order valence-electron chi connectivity index (χ2n) is 7.87. The highest BCUT2D eigenvalue weighted by Crippen LogP contribution is 2.27. The van der Waals surface area contributed by atoms with Gasteiger partial charge in [-0.3, -0.25) is 4.79 Å². The highest BCUT2D eigenvalue weighted by molar-refractivity contribution is 5.82. The number of hydrogen-bond acceptors (Lipinski definition) is 4. The van der Waals surface area contributed by atoms with Gasteiger partial charge in [-0.25, -0.2) is 4.79 Å². The van der Waals surface area contributed by atoms with Crippen LogP contribution in [0, 0.1) is 11.8 Å². The maximum Gasteiger partial charge on any atom is 0.336 e. The lowest BCUT2D eigenvalue weighted by Gasteiger charge is -2.34. The summed E-state index contributed by atoms with van der Waals surface area (Å²) in [7, 11) is 0. The van der Waals surface area contributed by atoms with Crippen molar-refractivity contribution in [3.63, 3.8) is 0 Å². The van der Waals surface area contributed by atoms with Crippen molar-refractivity contribution in [3.8, 4) is 5.75 Å². The molecule has 1 aliphatic rings. The molecule has 0 N–H and O–H groups in total. The number of nitrogens with zero attached hydrogens (tertiary/aromatic N) is 1. The molecule has 140 valence electrons. The molecule has 1 amide bonds. The number of hydrogen-bond donors (Lipinski definition) is 0. The van der Waals surface area contributed by atoms with Gasteiger partial charge in [-0.05, 0) is 41.9 Å². The molecule has 5 heteroatoms. The summed E-state index contributed by atoms with van der Waals surface area (Å²) in [5, 5.41) is 0.900. The highest BCUT2D eigenvalue weighted by Gasteiger charge is 2.25. The SMILES string of the molecule is CC1CC(C)CN(C(=O)COc2ccc3c(C(C)C)cc(=O)oc3c2)C1. The summed E-state index contributed by atoms with van der Waals surface area (Å²) >= 11 is 0. The molecule has 2 unspecified atom stereocenters. The Hall–Kier alpha value is -2.30. The van der Waals surface area contributed by atoms with E-state index in [1.54, 1.807) is 6.07 Å². The Bertz CT molecular complexity index is 845. The molecule has 1 fully saturated rings. The summed E-state index contributed by atoms with van der Waals surface area (Å²) in [6.07, 6.45) is 1.16. The third-order valence-electron chi connectivity index (χ3n) is 4.95. The largest absolute Gasteiger partial charge is 0.484 e. The van der Waals surface area contributed by atoms with Crippen molar-refractivity contribution in [1.82, 2.24) is 4.90 Å². The van der Waals surface area contributed by atoms with E-state index in [0.29, 0.717) is 23.2 Å². The van der Waals surface area contributed by atoms with Crippen LogP contribution in [0.5, 0.6) is 5.75 Å². The van der Waals surface area contributed by atoms with Gasteiger partial charge in [0.1, 0.15) is 11.3 Å². The average molecular weight is 357 g/mol. The third-order valence-corrected chi connectivity index (χ3v) is 4.95. The summed E-state index contributed by atoms with van der Waals surface area (Å²) in [4.78, 5) is 26.1. The molecule has 0 aliphatic carbocycles. The van der Waals surface area contributed by atoms with Crippen molar-refractivity contribution in [2.75, 3.05) is 19.7 Å². The van der Waals surface area contributed by atoms with E-state index in [9.17, 15) is 9.59 Å². The predicted molar refractivity (Wildman–Crippen MR) is 102 cm³/mol. The van der Waals surface area contributed by atoms with Crippen LogP contribution in [0.2, 0.25) is 0 Å². The van der Waals surface area contributed by atoms with Crippen LogP contribution >= 0.6 is 0 Å². The van der Waals surface area contributed by atoms with E-state index >= 15 is 0 Å². The van der Waals surface area contributed by atoms with E-state index in [4.69, 9.17) is 9.15 Å². The molecule has 0 radical (unpaired) electrons. The molecule has 1 aliphatic heterocycles. The van der Waals surface area contributed by atoms with Crippen molar-refractivity contribution in [3.05, 3.63) is 40.2 Å². The Morgan fingerprint density at radius 3 is 2.58 bits per heavy atom. The first-order valence-corrected chi connectivity index (χ1v) is 9.32. The van der Waals surface area contributed by atoms with E-state index in [1.165, 1.54) is 6.07 Å². The van der Waals surface area contributed by atoms with Gasteiger partial charge in [-0.2, -0.15) is 0 Å². The number of fused-ring (bicyclic) bond motifs is 1. The van der Waals surface area contributed by atoms with E-state index < -0.39 is 0 Å². The first kappa shape index (κ1) is 18.5. The van der Waals surface area contributed by atoms with Crippen LogP contribution in [-0.2, 0) is 4.79 Å². The molecular formula is C21H27NO4. The van der Waals surface area contributed by atoms with Crippen molar-refractivity contribution >= 4 is 16.9 Å². The van der Waals surface area contributed by atoms with Gasteiger partial charge in [-0.1, -0.05) is 27.7 Å². The fraction of sp³-hybridized carbons (Fsp3) is 0.524. The maximum absolute atomic E-state index is 12.5. The molecule has 3 rings (SSSR count). The van der Waals surface area contributed by atoms with Crippen LogP contribution in [-0.4, -0.2) is 30.5 Å². The third kappa shape index (κ3) is 4.09. The normalized spacial score (nSPS) is 20.6. The monoisotopic (exact) mass is 357 g/mol. The van der Waals surface area contributed by atoms with Crippen LogP contribution in [0.15, 0.2) is 33.5 Å². The molecule has 26 heavy (non-hydrogen) atoms. The van der Waals surface area contributed by atoms with Gasteiger partial charge in [0.15, 0.2) is 6.61 Å². The molecule has 1 saturated heterocycles. The van der Waals surface area contributed by atoms with Crippen LogP contribution in [0.3, 0.4) is 0 Å². The van der Waals surface area contributed by atoms with Gasteiger partial charge in [-0.15, -0.1) is 0 Å². The van der Waals surface area contributed by atoms with Crippen LogP contribution in [0.1, 0.15) is 45.6 Å². The smallest absolute Gasteiger partial charge is 0.336 e. The van der Waals surface area contributed by atoms with Gasteiger partial charge in [0.2, 0.25) is 0 Å². The summed E-state index contributed by atoms with van der Waals surface area (Å²) < 4.78 is 11.0. The number of rotatable bonds is 4. The second kappa shape index (κ2) is 7.52. The standard InChI is InChI=1S/C21H27NO4/c1-13(2)18-9-21(24)26-19-8-16(5-6-17(18)19)25-12-20(23)22-10-14(3)7-15(4)11-22/h5-6,8-9,13-15H,7,10-12H2,1-4H3. The number of carbonyl (C=O) groups excluding carboxylic acids is 1. The van der Waals surface area contributed by atoms with Crippen LogP contribution < -0.4 is 10.4 Å². The Kier molecular flexibility index (Phi) is 5.35. The molecule has 5 nitrogen and oxygen atoms in total. The van der Waals surface area contributed by atoms with E-state index in [1.807, 2.05) is 30.9 Å².